The molecule has 0 aromatic rings. The average Bonchev–Trinajstić information content (AvgIpc) is 2.72. The van der Waals surface area contributed by atoms with Crippen LogP contribution in [0.5, 0.6) is 0 Å². The highest BCUT2D eigenvalue weighted by molar-refractivity contribution is 4.55. The second-order valence-corrected chi connectivity index (χ2v) is 8.06. The van der Waals surface area contributed by atoms with Gasteiger partial charge < -0.3 is 24.4 Å². The van der Waals surface area contributed by atoms with Gasteiger partial charge in [-0.15, -0.1) is 0 Å². The van der Waals surface area contributed by atoms with E-state index in [0.717, 1.165) is 12.8 Å². The summed E-state index contributed by atoms with van der Waals surface area (Å²) < 4.78 is 15.9. The topological polar surface area (TPSA) is 68.2 Å². The summed E-state index contributed by atoms with van der Waals surface area (Å²) >= 11 is 0. The van der Waals surface area contributed by atoms with Crippen LogP contribution in [0.4, 0.5) is 0 Å². The predicted molar refractivity (Wildman–Crippen MR) is 120 cm³/mol. The zero-order chi connectivity index (χ0) is 21.3. The lowest BCUT2D eigenvalue weighted by Gasteiger charge is -2.11. The Bertz CT molecular complexity index is 288. The Hall–Kier alpha value is -0.200. The molecule has 176 valence electrons. The summed E-state index contributed by atoms with van der Waals surface area (Å²) in [5.41, 5.74) is 0. The van der Waals surface area contributed by atoms with Gasteiger partial charge in [-0.3, -0.25) is 0 Å². The van der Waals surface area contributed by atoms with E-state index in [9.17, 15) is 5.11 Å². The van der Waals surface area contributed by atoms with Gasteiger partial charge in [0.1, 0.15) is 0 Å². The van der Waals surface area contributed by atoms with Gasteiger partial charge in [-0.1, -0.05) is 96.8 Å². The highest BCUT2D eigenvalue weighted by Crippen LogP contribution is 2.13. The highest BCUT2D eigenvalue weighted by atomic mass is 16.5. The molecule has 5 heteroatoms. The lowest BCUT2D eigenvalue weighted by Crippen LogP contribution is -2.18. The van der Waals surface area contributed by atoms with Gasteiger partial charge in [0.15, 0.2) is 0 Å². The zero-order valence-electron chi connectivity index (χ0n) is 19.3. The molecule has 5 nitrogen and oxygen atoms in total. The minimum Gasteiger partial charge on any atom is -0.394 e. The molecule has 1 atom stereocenters. The Morgan fingerprint density at radius 1 is 0.552 bits per heavy atom. The molecule has 0 rings (SSSR count). The second kappa shape index (κ2) is 25.8. The van der Waals surface area contributed by atoms with Crippen LogP contribution < -0.4 is 0 Å². The van der Waals surface area contributed by atoms with Crippen molar-refractivity contribution in [3.05, 3.63) is 0 Å². The minimum absolute atomic E-state index is 0.0420. The first kappa shape index (κ1) is 28.8. The third-order valence-corrected chi connectivity index (χ3v) is 5.18. The van der Waals surface area contributed by atoms with Crippen molar-refractivity contribution in [2.24, 2.45) is 0 Å². The number of unbranched alkanes of at least 4 members (excludes halogenated alkanes) is 13. The fourth-order valence-electron chi connectivity index (χ4n) is 3.38. The molecule has 0 amide bonds. The monoisotopic (exact) mass is 418 g/mol. The minimum atomic E-state index is -0.361. The molecule has 0 saturated heterocycles. The molecule has 2 N–H and O–H groups in total. The number of hydrogen-bond acceptors (Lipinski definition) is 5. The molecule has 0 fully saturated rings. The molecular weight excluding hydrogens is 368 g/mol. The van der Waals surface area contributed by atoms with E-state index in [1.54, 1.807) is 0 Å². The number of rotatable bonds is 25. The Labute approximate surface area is 180 Å². The lowest BCUT2D eigenvalue weighted by atomic mass is 10.0. The summed E-state index contributed by atoms with van der Waals surface area (Å²) in [5.74, 6) is 0. The molecule has 0 bridgehead atoms. The van der Waals surface area contributed by atoms with Gasteiger partial charge in [0.05, 0.1) is 52.4 Å². The molecule has 1 unspecified atom stereocenters. The van der Waals surface area contributed by atoms with Crippen LogP contribution in [-0.2, 0) is 14.2 Å². The molecule has 0 saturated carbocycles. The maximum absolute atomic E-state index is 9.93. The van der Waals surface area contributed by atoms with Crippen molar-refractivity contribution in [1.82, 2.24) is 0 Å². The summed E-state index contributed by atoms with van der Waals surface area (Å²) in [7, 11) is 0. The van der Waals surface area contributed by atoms with E-state index < -0.39 is 0 Å². The van der Waals surface area contributed by atoms with Gasteiger partial charge in [0.25, 0.3) is 0 Å². The van der Waals surface area contributed by atoms with Gasteiger partial charge in [-0.25, -0.2) is 0 Å². The van der Waals surface area contributed by atoms with Crippen molar-refractivity contribution >= 4 is 0 Å². The van der Waals surface area contributed by atoms with E-state index in [0.29, 0.717) is 39.6 Å². The molecule has 0 aromatic carbocycles. The van der Waals surface area contributed by atoms with Gasteiger partial charge >= 0.3 is 0 Å². The molecule has 0 aliphatic carbocycles. The molecule has 0 aliphatic rings. The number of aliphatic hydroxyl groups is 2. The van der Waals surface area contributed by atoms with Crippen LogP contribution in [0.1, 0.15) is 103 Å². The Morgan fingerprint density at radius 2 is 0.966 bits per heavy atom. The van der Waals surface area contributed by atoms with Crippen molar-refractivity contribution in [3.63, 3.8) is 0 Å². The third-order valence-electron chi connectivity index (χ3n) is 5.18. The predicted octanol–water partition coefficient (Wildman–Crippen LogP) is 5.26. The number of hydrogen-bond donors (Lipinski definition) is 2. The van der Waals surface area contributed by atoms with Gasteiger partial charge in [-0.05, 0) is 6.42 Å². The smallest absolute Gasteiger partial charge is 0.0773 e. The molecule has 0 aliphatic heterocycles. The summed E-state index contributed by atoms with van der Waals surface area (Å²) in [5, 5.41) is 18.5. The SMILES string of the molecule is CCCCCCCCCCCCCCCCC(O)COCCOCCOCCO. The van der Waals surface area contributed by atoms with Crippen LogP contribution in [0.3, 0.4) is 0 Å². The molecule has 0 radical (unpaired) electrons. The Kier molecular flexibility index (Phi) is 25.7. The third kappa shape index (κ3) is 25.8. The number of ether oxygens (including phenoxy) is 3. The first-order valence-corrected chi connectivity index (χ1v) is 12.3. The molecule has 29 heavy (non-hydrogen) atoms. The van der Waals surface area contributed by atoms with E-state index in [-0.39, 0.29) is 12.7 Å². The van der Waals surface area contributed by atoms with E-state index in [1.165, 1.54) is 83.5 Å². The first-order valence-electron chi connectivity index (χ1n) is 12.3. The maximum atomic E-state index is 9.93. The molecule has 0 heterocycles. The van der Waals surface area contributed by atoms with Crippen molar-refractivity contribution in [1.29, 1.82) is 0 Å². The van der Waals surface area contributed by atoms with E-state index >= 15 is 0 Å². The van der Waals surface area contributed by atoms with Crippen LogP contribution in [0.2, 0.25) is 0 Å². The lowest BCUT2D eigenvalue weighted by molar-refractivity contribution is -0.0144. The van der Waals surface area contributed by atoms with E-state index in [1.807, 2.05) is 0 Å². The van der Waals surface area contributed by atoms with Crippen LogP contribution in [-0.4, -0.2) is 62.6 Å². The molecular formula is C24H50O5. The van der Waals surface area contributed by atoms with Crippen molar-refractivity contribution in [2.75, 3.05) is 46.2 Å². The maximum Gasteiger partial charge on any atom is 0.0773 e. The van der Waals surface area contributed by atoms with Crippen molar-refractivity contribution in [2.45, 2.75) is 109 Å². The van der Waals surface area contributed by atoms with Gasteiger partial charge in [0, 0.05) is 0 Å². The molecule has 0 aromatic heterocycles. The van der Waals surface area contributed by atoms with Gasteiger partial charge in [0.2, 0.25) is 0 Å². The number of aliphatic hydroxyl groups excluding tert-OH is 2. The first-order chi connectivity index (χ1) is 14.3. The average molecular weight is 419 g/mol. The fourth-order valence-corrected chi connectivity index (χ4v) is 3.38. The van der Waals surface area contributed by atoms with E-state index in [4.69, 9.17) is 19.3 Å². The van der Waals surface area contributed by atoms with Gasteiger partial charge in [-0.2, -0.15) is 0 Å². The summed E-state index contributed by atoms with van der Waals surface area (Å²) in [6.07, 6.45) is 19.4. The van der Waals surface area contributed by atoms with Crippen molar-refractivity contribution in [3.8, 4) is 0 Å². The Balaban J connectivity index is 3.12. The van der Waals surface area contributed by atoms with Crippen LogP contribution >= 0.6 is 0 Å². The largest absolute Gasteiger partial charge is 0.394 e. The van der Waals surface area contributed by atoms with Crippen LogP contribution in [0, 0.1) is 0 Å². The van der Waals surface area contributed by atoms with Crippen LogP contribution in [0.15, 0.2) is 0 Å². The normalized spacial score (nSPS) is 12.5. The second-order valence-electron chi connectivity index (χ2n) is 8.06. The summed E-state index contributed by atoms with van der Waals surface area (Å²) in [4.78, 5) is 0. The summed E-state index contributed by atoms with van der Waals surface area (Å²) in [6, 6.07) is 0. The quantitative estimate of drug-likeness (QED) is 0.198. The molecule has 0 spiro atoms. The standard InChI is InChI=1S/C24H50O5/c1-2-3-4-5-6-7-8-9-10-11-12-13-14-15-16-24(26)23-29-22-21-28-20-19-27-18-17-25/h24-26H,2-23H2,1H3. The zero-order valence-corrected chi connectivity index (χ0v) is 19.3. The van der Waals surface area contributed by atoms with Crippen molar-refractivity contribution < 1.29 is 24.4 Å². The summed E-state index contributed by atoms with van der Waals surface area (Å²) in [6.45, 7) is 5.06. The van der Waals surface area contributed by atoms with E-state index in [2.05, 4.69) is 6.92 Å². The highest BCUT2D eigenvalue weighted by Gasteiger charge is 2.04. The van der Waals surface area contributed by atoms with Crippen LogP contribution in [0.25, 0.3) is 0 Å². The fraction of sp³-hybridized carbons (Fsp3) is 1.00. The Morgan fingerprint density at radius 3 is 1.45 bits per heavy atom.